The first kappa shape index (κ1) is 12.5. The van der Waals surface area contributed by atoms with Crippen molar-refractivity contribution in [1.82, 2.24) is 24.9 Å². The number of aromatic nitrogens is 4. The van der Waals surface area contributed by atoms with E-state index in [0.717, 1.165) is 28.1 Å². The molecule has 0 fully saturated rings. The van der Waals surface area contributed by atoms with Crippen LogP contribution in [0.25, 0.3) is 11.0 Å². The second-order valence-electron chi connectivity index (χ2n) is 4.33. The van der Waals surface area contributed by atoms with Crippen LogP contribution in [0.15, 0.2) is 23.0 Å². The number of benzene rings is 1. The summed E-state index contributed by atoms with van der Waals surface area (Å²) in [5, 5.41) is 6.60. The molecule has 0 aliphatic rings. The third-order valence-corrected chi connectivity index (χ3v) is 3.72. The highest BCUT2D eigenvalue weighted by molar-refractivity contribution is 7.07. The highest BCUT2D eigenvalue weighted by atomic mass is 32.1. The predicted octanol–water partition coefficient (Wildman–Crippen LogP) is 0.946. The first-order valence-corrected chi connectivity index (χ1v) is 6.69. The van der Waals surface area contributed by atoms with Gasteiger partial charge in [-0.2, -0.15) is 0 Å². The molecule has 0 aliphatic heterocycles. The van der Waals surface area contributed by atoms with Gasteiger partial charge in [0.1, 0.15) is 4.88 Å². The third-order valence-electron chi connectivity index (χ3n) is 2.89. The number of hydrogen-bond donors (Lipinski definition) is 3. The van der Waals surface area contributed by atoms with Gasteiger partial charge < -0.3 is 15.3 Å². The molecule has 0 aliphatic carbocycles. The van der Waals surface area contributed by atoms with E-state index in [4.69, 9.17) is 0 Å². The molecule has 0 saturated carbocycles. The maximum Gasteiger partial charge on any atom is 0.323 e. The van der Waals surface area contributed by atoms with Crippen LogP contribution in [0, 0.1) is 6.92 Å². The van der Waals surface area contributed by atoms with Gasteiger partial charge in [-0.3, -0.25) is 4.79 Å². The molecule has 3 rings (SSSR count). The number of imidazole rings is 1. The Kier molecular flexibility index (Phi) is 3.07. The van der Waals surface area contributed by atoms with Gasteiger partial charge in [-0.15, -0.1) is 5.10 Å². The Morgan fingerprint density at radius 1 is 1.35 bits per heavy atom. The van der Waals surface area contributed by atoms with E-state index in [2.05, 4.69) is 24.9 Å². The van der Waals surface area contributed by atoms with Crippen molar-refractivity contribution in [1.29, 1.82) is 0 Å². The maximum absolute atomic E-state index is 11.9. The Hall–Kier alpha value is -2.48. The van der Waals surface area contributed by atoms with E-state index >= 15 is 0 Å². The lowest BCUT2D eigenvalue weighted by atomic mass is 10.2. The molecule has 0 atom stereocenters. The largest absolute Gasteiger partial charge is 0.347 e. The smallest absolute Gasteiger partial charge is 0.323 e. The van der Waals surface area contributed by atoms with E-state index in [1.165, 1.54) is 0 Å². The molecule has 0 unspecified atom stereocenters. The minimum atomic E-state index is -0.243. The number of carbonyl (C=O) groups is 1. The SMILES string of the molecule is Cc1nnsc1C(=O)NCc1ccc2[nH]c(=O)[nH]c2c1. The second-order valence-corrected chi connectivity index (χ2v) is 5.08. The zero-order valence-corrected chi connectivity index (χ0v) is 11.4. The fourth-order valence-corrected chi connectivity index (χ4v) is 2.46. The van der Waals surface area contributed by atoms with Gasteiger partial charge >= 0.3 is 5.69 Å². The number of H-pyrrole nitrogens is 2. The van der Waals surface area contributed by atoms with Crippen molar-refractivity contribution in [3.05, 3.63) is 44.8 Å². The fourth-order valence-electron chi connectivity index (χ4n) is 1.89. The Morgan fingerprint density at radius 3 is 2.90 bits per heavy atom. The second kappa shape index (κ2) is 4.89. The summed E-state index contributed by atoms with van der Waals surface area (Å²) < 4.78 is 3.73. The average molecular weight is 289 g/mol. The summed E-state index contributed by atoms with van der Waals surface area (Å²) in [5.41, 5.74) is 2.74. The van der Waals surface area contributed by atoms with E-state index in [1.54, 1.807) is 13.0 Å². The summed E-state index contributed by atoms with van der Waals surface area (Å²) in [4.78, 5) is 29.0. The number of nitrogens with zero attached hydrogens (tertiary/aromatic N) is 2. The van der Waals surface area contributed by atoms with Crippen LogP contribution in [0.1, 0.15) is 20.9 Å². The Bertz CT molecular complexity index is 832. The fraction of sp³-hybridized carbons (Fsp3) is 0.167. The van der Waals surface area contributed by atoms with Gasteiger partial charge in [0, 0.05) is 6.54 Å². The van der Waals surface area contributed by atoms with Crippen LogP contribution in [0.5, 0.6) is 0 Å². The van der Waals surface area contributed by atoms with Gasteiger partial charge in [0.25, 0.3) is 5.91 Å². The van der Waals surface area contributed by atoms with Crippen molar-refractivity contribution < 1.29 is 4.79 Å². The molecule has 0 saturated heterocycles. The molecule has 2 heterocycles. The third kappa shape index (κ3) is 2.32. The number of amides is 1. The Morgan fingerprint density at radius 2 is 2.15 bits per heavy atom. The number of nitrogens with one attached hydrogen (secondary N) is 3. The number of aromatic amines is 2. The number of carbonyl (C=O) groups excluding carboxylic acids is 1. The van der Waals surface area contributed by atoms with Gasteiger partial charge in [0.05, 0.1) is 16.7 Å². The minimum absolute atomic E-state index is 0.194. The molecule has 20 heavy (non-hydrogen) atoms. The van der Waals surface area contributed by atoms with E-state index in [0.29, 0.717) is 17.1 Å². The topological polar surface area (TPSA) is 104 Å². The average Bonchev–Trinajstić information content (AvgIpc) is 3.00. The summed E-state index contributed by atoms with van der Waals surface area (Å²) in [6.45, 7) is 2.12. The Labute approximate surface area is 117 Å². The summed E-state index contributed by atoms with van der Waals surface area (Å²) in [7, 11) is 0. The molecule has 1 aromatic carbocycles. The standard InChI is InChI=1S/C12H11N5O2S/c1-6-10(20-17-16-6)11(18)13-5-7-2-3-8-9(4-7)15-12(19)14-8/h2-4H,5H2,1H3,(H,13,18)(H2,14,15,19). The van der Waals surface area contributed by atoms with Crippen LogP contribution in [-0.4, -0.2) is 25.5 Å². The minimum Gasteiger partial charge on any atom is -0.347 e. The first-order chi connectivity index (χ1) is 9.63. The van der Waals surface area contributed by atoms with Crippen molar-refractivity contribution in [2.45, 2.75) is 13.5 Å². The molecule has 3 N–H and O–H groups in total. The van der Waals surface area contributed by atoms with Crippen LogP contribution in [0.2, 0.25) is 0 Å². The number of hydrogen-bond acceptors (Lipinski definition) is 5. The van der Waals surface area contributed by atoms with E-state index < -0.39 is 0 Å². The number of rotatable bonds is 3. The monoisotopic (exact) mass is 289 g/mol. The highest BCUT2D eigenvalue weighted by Gasteiger charge is 2.12. The highest BCUT2D eigenvalue weighted by Crippen LogP contribution is 2.11. The number of fused-ring (bicyclic) bond motifs is 1. The van der Waals surface area contributed by atoms with Crippen molar-refractivity contribution >= 4 is 28.5 Å². The zero-order valence-electron chi connectivity index (χ0n) is 10.6. The molecule has 8 heteroatoms. The van der Waals surface area contributed by atoms with Gasteiger partial charge in [-0.05, 0) is 36.2 Å². The van der Waals surface area contributed by atoms with Crippen LogP contribution < -0.4 is 11.0 Å². The van der Waals surface area contributed by atoms with Crippen LogP contribution in [-0.2, 0) is 6.54 Å². The molecule has 7 nitrogen and oxygen atoms in total. The molecule has 2 aromatic heterocycles. The molecule has 1 amide bonds. The van der Waals surface area contributed by atoms with Gasteiger partial charge in [-0.1, -0.05) is 10.6 Å². The van der Waals surface area contributed by atoms with Crippen molar-refractivity contribution in [2.75, 3.05) is 0 Å². The summed E-state index contributed by atoms with van der Waals surface area (Å²) in [6, 6.07) is 5.48. The van der Waals surface area contributed by atoms with E-state index in [9.17, 15) is 9.59 Å². The summed E-state index contributed by atoms with van der Waals surface area (Å²) in [6.07, 6.45) is 0. The lowest BCUT2D eigenvalue weighted by molar-refractivity contribution is 0.0954. The van der Waals surface area contributed by atoms with Crippen LogP contribution in [0.3, 0.4) is 0 Å². The zero-order chi connectivity index (χ0) is 14.1. The van der Waals surface area contributed by atoms with Crippen molar-refractivity contribution in [2.24, 2.45) is 0 Å². The maximum atomic E-state index is 11.9. The molecule has 0 radical (unpaired) electrons. The lowest BCUT2D eigenvalue weighted by Crippen LogP contribution is -2.22. The normalized spacial score (nSPS) is 10.8. The first-order valence-electron chi connectivity index (χ1n) is 5.91. The quantitative estimate of drug-likeness (QED) is 0.667. The van der Waals surface area contributed by atoms with Crippen molar-refractivity contribution in [3.63, 3.8) is 0 Å². The molecule has 0 spiro atoms. The van der Waals surface area contributed by atoms with Crippen molar-refractivity contribution in [3.8, 4) is 0 Å². The molecular formula is C12H11N5O2S. The lowest BCUT2D eigenvalue weighted by Gasteiger charge is -2.04. The number of aryl methyl sites for hydroxylation is 1. The summed E-state index contributed by atoms with van der Waals surface area (Å²) >= 11 is 1.07. The van der Waals surface area contributed by atoms with Crippen LogP contribution >= 0.6 is 11.5 Å². The van der Waals surface area contributed by atoms with Gasteiger partial charge in [0.2, 0.25) is 0 Å². The molecule has 0 bridgehead atoms. The van der Waals surface area contributed by atoms with Gasteiger partial charge in [-0.25, -0.2) is 4.79 Å². The van der Waals surface area contributed by atoms with E-state index in [-0.39, 0.29) is 11.6 Å². The predicted molar refractivity (Wildman–Crippen MR) is 74.7 cm³/mol. The van der Waals surface area contributed by atoms with E-state index in [1.807, 2.05) is 12.1 Å². The molecule has 3 aromatic rings. The molecule has 102 valence electrons. The van der Waals surface area contributed by atoms with Gasteiger partial charge in [0.15, 0.2) is 0 Å². The summed E-state index contributed by atoms with van der Waals surface area (Å²) in [5.74, 6) is -0.194. The Balaban J connectivity index is 1.75. The van der Waals surface area contributed by atoms with Crippen LogP contribution in [0.4, 0.5) is 0 Å². The molecular weight excluding hydrogens is 278 g/mol.